The number of carboxylic acid groups (broad SMARTS) is 1. The normalized spacial score (nSPS) is 10.0. The van der Waals surface area contributed by atoms with Crippen LogP contribution in [-0.4, -0.2) is 32.4 Å². The van der Waals surface area contributed by atoms with Gasteiger partial charge in [0, 0.05) is 18.1 Å². The van der Waals surface area contributed by atoms with Crippen LogP contribution in [0.3, 0.4) is 0 Å². The summed E-state index contributed by atoms with van der Waals surface area (Å²) < 4.78 is 15.5. The largest absolute Gasteiger partial charge is 0.496 e. The summed E-state index contributed by atoms with van der Waals surface area (Å²) in [5.74, 6) is 0.402. The fourth-order valence-electron chi connectivity index (χ4n) is 1.64. The Labute approximate surface area is 110 Å². The molecule has 6 heteroatoms. The summed E-state index contributed by atoms with van der Waals surface area (Å²) in [5, 5.41) is 9.04. The molecule has 0 bridgehead atoms. The van der Waals surface area contributed by atoms with Gasteiger partial charge in [-0.25, -0.2) is 0 Å². The SMILES string of the molecule is COc1cc(OC)c(CCC(=O)O)c(OC)c1Cl. The Morgan fingerprint density at radius 2 is 1.83 bits per heavy atom. The highest BCUT2D eigenvalue weighted by Crippen LogP contribution is 2.43. The van der Waals surface area contributed by atoms with E-state index in [0.29, 0.717) is 27.8 Å². The minimum atomic E-state index is -0.897. The second-order valence-corrected chi connectivity index (χ2v) is 3.88. The highest BCUT2D eigenvalue weighted by Gasteiger charge is 2.19. The Hall–Kier alpha value is -1.62. The van der Waals surface area contributed by atoms with Crippen molar-refractivity contribution in [2.75, 3.05) is 21.3 Å². The number of hydrogen-bond donors (Lipinski definition) is 1. The molecule has 1 aromatic carbocycles. The molecule has 0 aliphatic rings. The number of aliphatic carboxylic acids is 1. The van der Waals surface area contributed by atoms with Gasteiger partial charge in [-0.1, -0.05) is 11.6 Å². The molecule has 5 nitrogen and oxygen atoms in total. The Balaban J connectivity index is 3.27. The number of carboxylic acids is 1. The van der Waals surface area contributed by atoms with Crippen molar-refractivity contribution in [1.82, 2.24) is 0 Å². The zero-order valence-corrected chi connectivity index (χ0v) is 11.2. The lowest BCUT2D eigenvalue weighted by atomic mass is 10.1. The summed E-state index contributed by atoms with van der Waals surface area (Å²) in [6, 6.07) is 1.61. The van der Waals surface area contributed by atoms with Gasteiger partial charge in [-0.3, -0.25) is 4.79 Å². The molecule has 0 unspecified atom stereocenters. The van der Waals surface area contributed by atoms with Crippen molar-refractivity contribution in [3.8, 4) is 17.2 Å². The molecule has 1 N–H and O–H groups in total. The predicted octanol–water partition coefficient (Wildman–Crippen LogP) is 2.38. The predicted molar refractivity (Wildman–Crippen MR) is 67.1 cm³/mol. The minimum Gasteiger partial charge on any atom is -0.496 e. The van der Waals surface area contributed by atoms with Gasteiger partial charge in [0.05, 0.1) is 21.3 Å². The highest BCUT2D eigenvalue weighted by atomic mass is 35.5. The van der Waals surface area contributed by atoms with Gasteiger partial charge in [0.25, 0.3) is 0 Å². The first-order chi connectivity index (χ1) is 8.54. The smallest absolute Gasteiger partial charge is 0.303 e. The molecule has 100 valence electrons. The van der Waals surface area contributed by atoms with Crippen molar-refractivity contribution in [1.29, 1.82) is 0 Å². The Morgan fingerprint density at radius 3 is 2.28 bits per heavy atom. The van der Waals surface area contributed by atoms with Crippen LogP contribution >= 0.6 is 11.6 Å². The summed E-state index contributed by atoms with van der Waals surface area (Å²) >= 11 is 6.11. The number of methoxy groups -OCH3 is 3. The average molecular weight is 275 g/mol. The standard InChI is InChI=1S/C12H15ClO5/c1-16-8-6-9(17-2)11(13)12(18-3)7(8)4-5-10(14)15/h6H,4-5H2,1-3H3,(H,14,15). The lowest BCUT2D eigenvalue weighted by Gasteiger charge is -2.16. The van der Waals surface area contributed by atoms with Gasteiger partial charge in [-0.15, -0.1) is 0 Å². The van der Waals surface area contributed by atoms with Gasteiger partial charge < -0.3 is 19.3 Å². The van der Waals surface area contributed by atoms with E-state index in [9.17, 15) is 4.79 Å². The molecule has 0 spiro atoms. The quantitative estimate of drug-likeness (QED) is 0.863. The van der Waals surface area contributed by atoms with Crippen molar-refractivity contribution >= 4 is 17.6 Å². The van der Waals surface area contributed by atoms with Crippen molar-refractivity contribution in [2.45, 2.75) is 12.8 Å². The number of halogens is 1. The molecule has 0 atom stereocenters. The topological polar surface area (TPSA) is 65.0 Å². The van der Waals surface area contributed by atoms with E-state index < -0.39 is 5.97 Å². The van der Waals surface area contributed by atoms with E-state index in [0.717, 1.165) is 0 Å². The van der Waals surface area contributed by atoms with Crippen LogP contribution in [0, 0.1) is 0 Å². The van der Waals surface area contributed by atoms with E-state index in [-0.39, 0.29) is 12.8 Å². The van der Waals surface area contributed by atoms with Crippen LogP contribution in [0.1, 0.15) is 12.0 Å². The second-order valence-electron chi connectivity index (χ2n) is 3.50. The first-order valence-electron chi connectivity index (χ1n) is 5.24. The van der Waals surface area contributed by atoms with Crippen molar-refractivity contribution in [3.63, 3.8) is 0 Å². The van der Waals surface area contributed by atoms with E-state index in [2.05, 4.69) is 0 Å². The number of rotatable bonds is 6. The molecule has 0 amide bonds. The van der Waals surface area contributed by atoms with Gasteiger partial charge in [0.15, 0.2) is 0 Å². The van der Waals surface area contributed by atoms with E-state index in [4.69, 9.17) is 30.9 Å². The summed E-state index contributed by atoms with van der Waals surface area (Å²) in [7, 11) is 4.44. The molecule has 0 aliphatic heterocycles. The first kappa shape index (κ1) is 14.4. The van der Waals surface area contributed by atoms with E-state index in [1.165, 1.54) is 21.3 Å². The van der Waals surface area contributed by atoms with Crippen molar-refractivity contribution in [2.24, 2.45) is 0 Å². The summed E-state index contributed by atoms with van der Waals surface area (Å²) in [6.45, 7) is 0. The Kier molecular flexibility index (Phi) is 5.09. The molecule has 1 rings (SSSR count). The van der Waals surface area contributed by atoms with Gasteiger partial charge in [-0.05, 0) is 6.42 Å². The lowest BCUT2D eigenvalue weighted by Crippen LogP contribution is -2.03. The van der Waals surface area contributed by atoms with Crippen LogP contribution in [0.15, 0.2) is 6.07 Å². The molecule has 0 heterocycles. The monoisotopic (exact) mass is 274 g/mol. The van der Waals surface area contributed by atoms with Gasteiger partial charge >= 0.3 is 5.97 Å². The Bertz CT molecular complexity index is 445. The molecule has 0 radical (unpaired) electrons. The highest BCUT2D eigenvalue weighted by molar-refractivity contribution is 6.33. The van der Waals surface area contributed by atoms with E-state index >= 15 is 0 Å². The minimum absolute atomic E-state index is 0.0324. The first-order valence-corrected chi connectivity index (χ1v) is 5.62. The molecule has 1 aromatic rings. The van der Waals surface area contributed by atoms with Crippen molar-refractivity contribution < 1.29 is 24.1 Å². The maximum Gasteiger partial charge on any atom is 0.303 e. The summed E-state index contributed by atoms with van der Waals surface area (Å²) in [5.41, 5.74) is 0.619. The van der Waals surface area contributed by atoms with Gasteiger partial charge in [0.1, 0.15) is 22.3 Å². The zero-order chi connectivity index (χ0) is 13.7. The molecular weight excluding hydrogens is 260 g/mol. The van der Waals surface area contributed by atoms with Gasteiger partial charge in [0.2, 0.25) is 0 Å². The molecule has 0 saturated carbocycles. The average Bonchev–Trinajstić information content (AvgIpc) is 2.36. The summed E-state index contributed by atoms with van der Waals surface area (Å²) in [4.78, 5) is 10.6. The van der Waals surface area contributed by atoms with Crippen LogP contribution in [0.5, 0.6) is 17.2 Å². The fraction of sp³-hybridized carbons (Fsp3) is 0.417. The van der Waals surface area contributed by atoms with Crippen LogP contribution in [-0.2, 0) is 11.2 Å². The third-order valence-electron chi connectivity index (χ3n) is 2.48. The molecular formula is C12H15ClO5. The van der Waals surface area contributed by atoms with E-state index in [1.807, 2.05) is 0 Å². The van der Waals surface area contributed by atoms with Crippen molar-refractivity contribution in [3.05, 3.63) is 16.7 Å². The Morgan fingerprint density at radius 1 is 1.22 bits per heavy atom. The van der Waals surface area contributed by atoms with Gasteiger partial charge in [-0.2, -0.15) is 0 Å². The number of carbonyl (C=O) groups is 1. The molecule has 0 aliphatic carbocycles. The number of ether oxygens (including phenoxy) is 3. The zero-order valence-electron chi connectivity index (χ0n) is 10.4. The van der Waals surface area contributed by atoms with Crippen LogP contribution in [0.2, 0.25) is 5.02 Å². The third kappa shape index (κ3) is 2.98. The second kappa shape index (κ2) is 6.35. The van der Waals surface area contributed by atoms with E-state index in [1.54, 1.807) is 6.07 Å². The van der Waals surface area contributed by atoms with Crippen LogP contribution in [0.25, 0.3) is 0 Å². The molecule has 0 aromatic heterocycles. The van der Waals surface area contributed by atoms with Crippen LogP contribution in [0.4, 0.5) is 0 Å². The maximum atomic E-state index is 10.6. The number of benzene rings is 1. The fourth-order valence-corrected chi connectivity index (χ4v) is 1.96. The summed E-state index contributed by atoms with van der Waals surface area (Å²) in [6.07, 6.45) is 0.237. The lowest BCUT2D eigenvalue weighted by molar-refractivity contribution is -0.136. The molecule has 0 fully saturated rings. The number of hydrogen-bond acceptors (Lipinski definition) is 4. The van der Waals surface area contributed by atoms with Crippen LogP contribution < -0.4 is 14.2 Å². The maximum absolute atomic E-state index is 10.6. The third-order valence-corrected chi connectivity index (χ3v) is 2.84. The molecule has 18 heavy (non-hydrogen) atoms. The molecule has 0 saturated heterocycles.